The molecule has 0 amide bonds. The summed E-state index contributed by atoms with van der Waals surface area (Å²) >= 11 is 0. The molecule has 1 aromatic carbocycles. The Morgan fingerprint density at radius 1 is 1.24 bits per heavy atom. The normalized spacial score (nSPS) is 12.0. The maximum atomic E-state index is 11.0. The van der Waals surface area contributed by atoms with Crippen LogP contribution in [0.25, 0.3) is 0 Å². The molecule has 1 aromatic rings. The minimum atomic E-state index is -0.737. The van der Waals surface area contributed by atoms with Gasteiger partial charge >= 0.3 is 35.5 Å². The van der Waals surface area contributed by atoms with Crippen LogP contribution in [-0.2, 0) is 11.2 Å². The summed E-state index contributed by atoms with van der Waals surface area (Å²) in [5, 5.41) is 9.04. The Morgan fingerprint density at radius 2 is 1.76 bits per heavy atom. The Labute approximate surface area is 126 Å². The first kappa shape index (κ1) is 16.7. The van der Waals surface area contributed by atoms with Crippen molar-refractivity contribution < 1.29 is 39.5 Å². The molecule has 1 unspecified atom stereocenters. The van der Waals surface area contributed by atoms with E-state index in [1.165, 1.54) is 5.56 Å². The minimum Gasteiger partial charge on any atom is -0.481 e. The fraction of sp³-hybridized carbons (Fsp3) is 0.500. The van der Waals surface area contributed by atoms with Crippen LogP contribution in [0, 0.1) is 5.92 Å². The summed E-state index contributed by atoms with van der Waals surface area (Å²) in [6, 6.07) is 7.97. The van der Waals surface area contributed by atoms with Crippen LogP contribution < -0.4 is 29.6 Å². The molecule has 3 heteroatoms. The van der Waals surface area contributed by atoms with E-state index in [-0.39, 0.29) is 35.5 Å². The van der Waals surface area contributed by atoms with Gasteiger partial charge < -0.3 is 5.11 Å². The molecule has 0 aliphatic heterocycles. The van der Waals surface area contributed by atoms with E-state index in [1.807, 2.05) is 31.2 Å². The molecule has 0 aromatic heterocycles. The Kier molecular flexibility index (Phi) is 7.77. The van der Waals surface area contributed by atoms with Crippen LogP contribution in [0.3, 0.4) is 0 Å². The molecule has 0 aliphatic carbocycles. The molecular formula is C14H20NaO2+. The van der Waals surface area contributed by atoms with Crippen LogP contribution in [0.1, 0.15) is 44.2 Å². The van der Waals surface area contributed by atoms with Crippen molar-refractivity contribution in [1.82, 2.24) is 0 Å². The van der Waals surface area contributed by atoms with Gasteiger partial charge in [0.05, 0.1) is 5.92 Å². The van der Waals surface area contributed by atoms with E-state index in [1.54, 1.807) is 0 Å². The van der Waals surface area contributed by atoms with Gasteiger partial charge in [-0.25, -0.2) is 0 Å². The number of benzene rings is 1. The van der Waals surface area contributed by atoms with Gasteiger partial charge in [0.15, 0.2) is 0 Å². The second kappa shape index (κ2) is 7.91. The molecule has 0 bridgehead atoms. The molecule has 17 heavy (non-hydrogen) atoms. The second-order valence-electron chi connectivity index (χ2n) is 4.64. The first-order valence-electron chi connectivity index (χ1n) is 5.86. The topological polar surface area (TPSA) is 37.3 Å². The van der Waals surface area contributed by atoms with Gasteiger partial charge in [-0.3, -0.25) is 4.79 Å². The molecule has 2 nitrogen and oxygen atoms in total. The third-order valence-electron chi connectivity index (χ3n) is 2.73. The van der Waals surface area contributed by atoms with Crippen molar-refractivity contribution in [2.24, 2.45) is 5.92 Å². The first-order chi connectivity index (χ1) is 7.54. The van der Waals surface area contributed by atoms with E-state index in [9.17, 15) is 4.79 Å². The molecule has 1 rings (SSSR count). The molecule has 0 radical (unpaired) electrons. The van der Waals surface area contributed by atoms with E-state index in [0.717, 1.165) is 12.0 Å². The summed E-state index contributed by atoms with van der Waals surface area (Å²) < 4.78 is 0. The van der Waals surface area contributed by atoms with Gasteiger partial charge in [-0.2, -0.15) is 0 Å². The van der Waals surface area contributed by atoms with Crippen molar-refractivity contribution in [3.63, 3.8) is 0 Å². The smallest absolute Gasteiger partial charge is 0.481 e. The number of aliphatic carboxylic acids is 1. The molecule has 88 valence electrons. The number of hydrogen-bond donors (Lipinski definition) is 1. The fourth-order valence-electron chi connectivity index (χ4n) is 1.91. The summed E-state index contributed by atoms with van der Waals surface area (Å²) in [6.45, 7) is 6.26. The summed E-state index contributed by atoms with van der Waals surface area (Å²) in [4.78, 5) is 11.0. The van der Waals surface area contributed by atoms with Crippen molar-refractivity contribution in [3.8, 4) is 0 Å². The van der Waals surface area contributed by atoms with Crippen molar-refractivity contribution in [2.75, 3.05) is 0 Å². The van der Waals surface area contributed by atoms with Crippen LogP contribution >= 0.6 is 0 Å². The van der Waals surface area contributed by atoms with E-state index in [0.29, 0.717) is 12.3 Å². The Morgan fingerprint density at radius 3 is 2.12 bits per heavy atom. The van der Waals surface area contributed by atoms with Crippen molar-refractivity contribution in [1.29, 1.82) is 0 Å². The average molecular weight is 243 g/mol. The number of rotatable bonds is 5. The van der Waals surface area contributed by atoms with Gasteiger partial charge in [-0.05, 0) is 29.9 Å². The summed E-state index contributed by atoms with van der Waals surface area (Å²) in [6.07, 6.45) is 1.68. The molecule has 0 aliphatic rings. The number of carbonyl (C=O) groups is 1. The van der Waals surface area contributed by atoms with Crippen LogP contribution in [0.4, 0.5) is 0 Å². The van der Waals surface area contributed by atoms with Gasteiger partial charge in [0.25, 0.3) is 0 Å². The quantitative estimate of drug-likeness (QED) is 0.763. The molecule has 0 fully saturated rings. The summed E-state index contributed by atoms with van der Waals surface area (Å²) in [7, 11) is 0. The summed E-state index contributed by atoms with van der Waals surface area (Å²) in [5.74, 6) is -0.473. The molecule has 1 atom stereocenters. The van der Waals surface area contributed by atoms with Gasteiger partial charge in [0, 0.05) is 0 Å². The van der Waals surface area contributed by atoms with Crippen LogP contribution in [0.15, 0.2) is 24.3 Å². The predicted molar refractivity (Wildman–Crippen MR) is 65.7 cm³/mol. The predicted octanol–water partition coefficient (Wildman–Crippen LogP) is 0.467. The Bertz CT molecular complexity index is 344. The fourth-order valence-corrected chi connectivity index (χ4v) is 1.91. The Hall–Kier alpha value is -0.310. The molecular weight excluding hydrogens is 223 g/mol. The SMILES string of the molecule is CCC(C(=O)O)c1ccc(CC(C)C)cc1.[Na+]. The third-order valence-corrected chi connectivity index (χ3v) is 2.73. The van der Waals surface area contributed by atoms with Gasteiger partial charge in [-0.1, -0.05) is 45.0 Å². The zero-order valence-corrected chi connectivity index (χ0v) is 13.2. The molecule has 0 heterocycles. The standard InChI is InChI=1S/C14H20O2.Na/c1-4-13(14(15)16)12-7-5-11(6-8-12)9-10(2)3;/h5-8,10,13H,4,9H2,1-3H3,(H,15,16);/q;+1. The molecule has 0 spiro atoms. The van der Waals surface area contributed by atoms with Gasteiger partial charge in [-0.15, -0.1) is 0 Å². The molecule has 1 N–H and O–H groups in total. The zero-order chi connectivity index (χ0) is 12.1. The average Bonchev–Trinajstić information content (AvgIpc) is 2.20. The first-order valence-corrected chi connectivity index (χ1v) is 5.86. The van der Waals surface area contributed by atoms with Gasteiger partial charge in [0.1, 0.15) is 0 Å². The number of carboxylic acids is 1. The third kappa shape index (κ3) is 5.24. The number of carboxylic acid groups (broad SMARTS) is 1. The number of hydrogen-bond acceptors (Lipinski definition) is 1. The molecule has 0 saturated carbocycles. The van der Waals surface area contributed by atoms with Crippen LogP contribution in [0.5, 0.6) is 0 Å². The van der Waals surface area contributed by atoms with Crippen LogP contribution in [-0.4, -0.2) is 11.1 Å². The van der Waals surface area contributed by atoms with Crippen molar-refractivity contribution in [3.05, 3.63) is 35.4 Å². The van der Waals surface area contributed by atoms with E-state index in [2.05, 4.69) is 13.8 Å². The van der Waals surface area contributed by atoms with E-state index >= 15 is 0 Å². The minimum absolute atomic E-state index is 0. The van der Waals surface area contributed by atoms with E-state index < -0.39 is 5.97 Å². The largest absolute Gasteiger partial charge is 1.00 e. The summed E-state index contributed by atoms with van der Waals surface area (Å²) in [5.41, 5.74) is 2.18. The monoisotopic (exact) mass is 243 g/mol. The molecule has 0 saturated heterocycles. The Balaban J connectivity index is 0.00000256. The maximum absolute atomic E-state index is 11.0. The maximum Gasteiger partial charge on any atom is 1.00 e. The van der Waals surface area contributed by atoms with E-state index in [4.69, 9.17) is 5.11 Å². The zero-order valence-electron chi connectivity index (χ0n) is 11.2. The second-order valence-corrected chi connectivity index (χ2v) is 4.64. The van der Waals surface area contributed by atoms with Gasteiger partial charge in [0.2, 0.25) is 0 Å². The van der Waals surface area contributed by atoms with Crippen LogP contribution in [0.2, 0.25) is 0 Å². The van der Waals surface area contributed by atoms with Crippen molar-refractivity contribution in [2.45, 2.75) is 39.5 Å². The van der Waals surface area contributed by atoms with Crippen molar-refractivity contribution >= 4 is 5.97 Å².